The second-order valence-corrected chi connectivity index (χ2v) is 5.04. The van der Waals surface area contributed by atoms with E-state index in [1.807, 2.05) is 6.07 Å². The summed E-state index contributed by atoms with van der Waals surface area (Å²) in [7, 11) is 0. The molecule has 1 aromatic heterocycles. The molecule has 0 aliphatic carbocycles. The minimum absolute atomic E-state index is 0.0856. The minimum atomic E-state index is -0.517. The molecular formula is C15H11Cl2N3O2. The molecule has 1 aromatic carbocycles. The molecule has 0 fully saturated rings. The third kappa shape index (κ3) is 4.29. The SMILES string of the molecule is N#C/C(=C/Nc1ccc(Cl)cc1Cl)C(=O)NCc1ccco1. The molecule has 1 heterocycles. The molecule has 0 bridgehead atoms. The van der Waals surface area contributed by atoms with Gasteiger partial charge in [0.2, 0.25) is 0 Å². The van der Waals surface area contributed by atoms with Crippen molar-refractivity contribution in [2.24, 2.45) is 0 Å². The number of nitriles is 1. The molecule has 7 heteroatoms. The molecule has 2 N–H and O–H groups in total. The maximum atomic E-state index is 11.9. The number of carbonyl (C=O) groups excluding carboxylic acids is 1. The number of amides is 1. The van der Waals surface area contributed by atoms with Crippen LogP contribution in [0.15, 0.2) is 52.8 Å². The Hall–Kier alpha value is -2.42. The Balaban J connectivity index is 2.00. The van der Waals surface area contributed by atoms with E-state index in [9.17, 15) is 4.79 Å². The molecule has 112 valence electrons. The Morgan fingerprint density at radius 3 is 2.82 bits per heavy atom. The van der Waals surface area contributed by atoms with Gasteiger partial charge in [0.25, 0.3) is 5.91 Å². The number of halogens is 2. The van der Waals surface area contributed by atoms with Crippen molar-refractivity contribution in [2.75, 3.05) is 5.32 Å². The highest BCUT2D eigenvalue weighted by molar-refractivity contribution is 6.36. The van der Waals surface area contributed by atoms with Crippen LogP contribution < -0.4 is 10.6 Å². The summed E-state index contributed by atoms with van der Waals surface area (Å²) in [5.74, 6) is 0.0795. The molecule has 0 saturated heterocycles. The van der Waals surface area contributed by atoms with Gasteiger partial charge in [-0.1, -0.05) is 23.2 Å². The van der Waals surface area contributed by atoms with Crippen LogP contribution in [0.1, 0.15) is 5.76 Å². The van der Waals surface area contributed by atoms with E-state index >= 15 is 0 Å². The van der Waals surface area contributed by atoms with E-state index in [2.05, 4.69) is 10.6 Å². The number of carbonyl (C=O) groups is 1. The standard InChI is InChI=1S/C15H11Cl2N3O2/c16-11-3-4-14(13(17)6-11)19-8-10(7-18)15(21)20-9-12-2-1-5-22-12/h1-6,8,19H,9H2,(H,20,21)/b10-8-. The number of anilines is 1. The van der Waals surface area contributed by atoms with Crippen molar-refractivity contribution in [1.82, 2.24) is 5.32 Å². The van der Waals surface area contributed by atoms with Gasteiger partial charge in [0, 0.05) is 11.2 Å². The van der Waals surface area contributed by atoms with Gasteiger partial charge in [0.05, 0.1) is 23.5 Å². The lowest BCUT2D eigenvalue weighted by Crippen LogP contribution is -2.24. The minimum Gasteiger partial charge on any atom is -0.467 e. The number of hydrogen-bond acceptors (Lipinski definition) is 4. The Bertz CT molecular complexity index is 734. The smallest absolute Gasteiger partial charge is 0.263 e. The summed E-state index contributed by atoms with van der Waals surface area (Å²) in [6, 6.07) is 10.1. The maximum absolute atomic E-state index is 11.9. The van der Waals surface area contributed by atoms with Crippen molar-refractivity contribution in [3.8, 4) is 6.07 Å². The second-order valence-electron chi connectivity index (χ2n) is 4.20. The fourth-order valence-corrected chi connectivity index (χ4v) is 2.04. The third-order valence-electron chi connectivity index (χ3n) is 2.67. The topological polar surface area (TPSA) is 78.1 Å². The molecule has 0 aliphatic rings. The van der Waals surface area contributed by atoms with Crippen LogP contribution >= 0.6 is 23.2 Å². The van der Waals surface area contributed by atoms with Crippen molar-refractivity contribution in [3.05, 3.63) is 64.2 Å². The predicted octanol–water partition coefficient (Wildman–Crippen LogP) is 3.72. The zero-order valence-electron chi connectivity index (χ0n) is 11.3. The lowest BCUT2D eigenvalue weighted by atomic mass is 10.2. The summed E-state index contributed by atoms with van der Waals surface area (Å²) < 4.78 is 5.09. The van der Waals surface area contributed by atoms with Crippen molar-refractivity contribution >= 4 is 34.8 Å². The van der Waals surface area contributed by atoms with Crippen LogP contribution in [0.2, 0.25) is 10.0 Å². The van der Waals surface area contributed by atoms with Crippen LogP contribution in [0.3, 0.4) is 0 Å². The summed E-state index contributed by atoms with van der Waals surface area (Å²) >= 11 is 11.8. The number of benzene rings is 1. The van der Waals surface area contributed by atoms with Gasteiger partial charge in [0.1, 0.15) is 17.4 Å². The predicted molar refractivity (Wildman–Crippen MR) is 84.3 cm³/mol. The Kier molecular flexibility index (Phi) is 5.48. The van der Waals surface area contributed by atoms with Crippen LogP contribution in [-0.2, 0) is 11.3 Å². The van der Waals surface area contributed by atoms with Crippen molar-refractivity contribution in [1.29, 1.82) is 5.26 Å². The van der Waals surface area contributed by atoms with E-state index in [0.29, 0.717) is 21.5 Å². The highest BCUT2D eigenvalue weighted by Gasteiger charge is 2.09. The maximum Gasteiger partial charge on any atom is 0.263 e. The normalized spacial score (nSPS) is 10.9. The molecule has 2 aromatic rings. The van der Waals surface area contributed by atoms with Gasteiger partial charge < -0.3 is 15.1 Å². The van der Waals surface area contributed by atoms with Crippen LogP contribution in [0.25, 0.3) is 0 Å². The first-order valence-corrected chi connectivity index (χ1v) is 6.98. The zero-order chi connectivity index (χ0) is 15.9. The molecule has 2 rings (SSSR count). The third-order valence-corrected chi connectivity index (χ3v) is 3.22. The first-order chi connectivity index (χ1) is 10.6. The van der Waals surface area contributed by atoms with E-state index in [1.165, 1.54) is 12.5 Å². The van der Waals surface area contributed by atoms with E-state index in [0.717, 1.165) is 0 Å². The first-order valence-electron chi connectivity index (χ1n) is 6.22. The lowest BCUT2D eigenvalue weighted by molar-refractivity contribution is -0.117. The summed E-state index contributed by atoms with van der Waals surface area (Å²) in [4.78, 5) is 11.9. The largest absolute Gasteiger partial charge is 0.467 e. The second kappa shape index (κ2) is 7.55. The highest BCUT2D eigenvalue weighted by atomic mass is 35.5. The van der Waals surface area contributed by atoms with Gasteiger partial charge in [-0.3, -0.25) is 4.79 Å². The van der Waals surface area contributed by atoms with Crippen LogP contribution in [0.4, 0.5) is 5.69 Å². The van der Waals surface area contributed by atoms with E-state index in [4.69, 9.17) is 32.9 Å². The number of nitrogens with one attached hydrogen (secondary N) is 2. The summed E-state index contributed by atoms with van der Waals surface area (Å²) in [5.41, 5.74) is 0.454. The van der Waals surface area contributed by atoms with E-state index in [-0.39, 0.29) is 12.1 Å². The zero-order valence-corrected chi connectivity index (χ0v) is 12.8. The molecule has 0 radical (unpaired) electrons. The van der Waals surface area contributed by atoms with Gasteiger partial charge in [-0.05, 0) is 30.3 Å². The molecular weight excluding hydrogens is 325 g/mol. The fraction of sp³-hybridized carbons (Fsp3) is 0.0667. The van der Waals surface area contributed by atoms with Gasteiger partial charge in [-0.25, -0.2) is 0 Å². The molecule has 0 aliphatic heterocycles. The highest BCUT2D eigenvalue weighted by Crippen LogP contribution is 2.25. The number of hydrogen-bond donors (Lipinski definition) is 2. The number of nitrogens with zero attached hydrogens (tertiary/aromatic N) is 1. The molecule has 1 amide bonds. The summed E-state index contributed by atoms with van der Waals surface area (Å²) in [6.07, 6.45) is 2.79. The van der Waals surface area contributed by atoms with Crippen molar-refractivity contribution < 1.29 is 9.21 Å². The molecule has 5 nitrogen and oxygen atoms in total. The van der Waals surface area contributed by atoms with Gasteiger partial charge in [-0.15, -0.1) is 0 Å². The van der Waals surface area contributed by atoms with Crippen LogP contribution in [-0.4, -0.2) is 5.91 Å². The number of rotatable bonds is 5. The average molecular weight is 336 g/mol. The first kappa shape index (κ1) is 16.0. The van der Waals surface area contributed by atoms with E-state index in [1.54, 1.807) is 30.3 Å². The summed E-state index contributed by atoms with van der Waals surface area (Å²) in [6.45, 7) is 0.201. The average Bonchev–Trinajstić information content (AvgIpc) is 3.01. The van der Waals surface area contributed by atoms with Crippen molar-refractivity contribution in [2.45, 2.75) is 6.54 Å². The van der Waals surface area contributed by atoms with Gasteiger partial charge in [0.15, 0.2) is 0 Å². The fourth-order valence-electron chi connectivity index (χ4n) is 1.58. The molecule has 0 unspecified atom stereocenters. The van der Waals surface area contributed by atoms with E-state index < -0.39 is 5.91 Å². The Morgan fingerprint density at radius 1 is 1.36 bits per heavy atom. The molecule has 0 atom stereocenters. The number of furan rings is 1. The van der Waals surface area contributed by atoms with Crippen molar-refractivity contribution in [3.63, 3.8) is 0 Å². The lowest BCUT2D eigenvalue weighted by Gasteiger charge is -2.06. The Morgan fingerprint density at radius 2 is 2.18 bits per heavy atom. The Labute approximate surface area is 137 Å². The summed E-state index contributed by atoms with van der Waals surface area (Å²) in [5, 5.41) is 15.3. The molecule has 0 saturated carbocycles. The van der Waals surface area contributed by atoms with Gasteiger partial charge in [-0.2, -0.15) is 5.26 Å². The van der Waals surface area contributed by atoms with Gasteiger partial charge >= 0.3 is 0 Å². The molecule has 22 heavy (non-hydrogen) atoms. The van der Waals surface area contributed by atoms with Crippen LogP contribution in [0.5, 0.6) is 0 Å². The monoisotopic (exact) mass is 335 g/mol. The van der Waals surface area contributed by atoms with Crippen LogP contribution in [0, 0.1) is 11.3 Å². The molecule has 0 spiro atoms. The quantitative estimate of drug-likeness (QED) is 0.644.